The predicted octanol–water partition coefficient (Wildman–Crippen LogP) is 4.25. The number of carbonyl (C=O) groups is 1. The van der Waals surface area contributed by atoms with Crippen molar-refractivity contribution in [3.8, 4) is 11.3 Å². The molecule has 0 aliphatic carbocycles. The zero-order valence-corrected chi connectivity index (χ0v) is 12.7. The zero-order valence-electron chi connectivity index (χ0n) is 10.3. The summed E-state index contributed by atoms with van der Waals surface area (Å²) in [5.74, 6) is -1.42. The van der Waals surface area contributed by atoms with Gasteiger partial charge >= 0.3 is 5.97 Å². The summed E-state index contributed by atoms with van der Waals surface area (Å²) in [6.45, 7) is 0. The molecular weight excluding hydrogens is 363 g/mol. The van der Waals surface area contributed by atoms with E-state index in [4.69, 9.17) is 16.7 Å². The summed E-state index contributed by atoms with van der Waals surface area (Å²) in [5.41, 5.74) is 1.73. The van der Waals surface area contributed by atoms with Crippen LogP contribution in [0.5, 0.6) is 0 Å². The highest BCUT2D eigenvalue weighted by Gasteiger charge is 2.16. The van der Waals surface area contributed by atoms with Gasteiger partial charge < -0.3 is 5.11 Å². The molecule has 0 fully saturated rings. The number of benzene rings is 1. The van der Waals surface area contributed by atoms with Gasteiger partial charge in [-0.05, 0) is 46.3 Å². The maximum atomic E-state index is 13.0. The van der Waals surface area contributed by atoms with Crippen LogP contribution in [-0.2, 0) is 0 Å². The smallest absolute Gasteiger partial charge is 0.337 e. The highest BCUT2D eigenvalue weighted by Crippen LogP contribution is 2.32. The number of imidazole rings is 1. The molecule has 1 aromatic carbocycles. The van der Waals surface area contributed by atoms with Crippen molar-refractivity contribution in [2.45, 2.75) is 0 Å². The molecule has 4 nitrogen and oxygen atoms in total. The van der Waals surface area contributed by atoms with Crippen LogP contribution in [0.25, 0.3) is 16.9 Å². The van der Waals surface area contributed by atoms with Crippen molar-refractivity contribution in [3.05, 3.63) is 57.5 Å². The van der Waals surface area contributed by atoms with Gasteiger partial charge in [0.2, 0.25) is 0 Å². The fourth-order valence-electron chi connectivity index (χ4n) is 1.99. The molecule has 0 aliphatic heterocycles. The number of rotatable bonds is 2. The van der Waals surface area contributed by atoms with Crippen molar-refractivity contribution >= 4 is 39.1 Å². The number of carboxylic acids is 1. The molecule has 0 amide bonds. The lowest BCUT2D eigenvalue weighted by Crippen LogP contribution is -1.99. The first-order valence-corrected chi connectivity index (χ1v) is 7.01. The Hall–Kier alpha value is -1.92. The van der Waals surface area contributed by atoms with Crippen LogP contribution < -0.4 is 0 Å². The van der Waals surface area contributed by atoms with E-state index < -0.39 is 5.97 Å². The third-order valence-corrected chi connectivity index (χ3v) is 4.02. The van der Waals surface area contributed by atoms with Gasteiger partial charge in [-0.3, -0.25) is 4.40 Å². The molecule has 0 unspecified atom stereocenters. The van der Waals surface area contributed by atoms with Crippen molar-refractivity contribution in [1.29, 1.82) is 0 Å². The molecule has 106 valence electrons. The predicted molar refractivity (Wildman–Crippen MR) is 80.3 cm³/mol. The molecule has 0 bridgehead atoms. The molecular formula is C14H7BrClFN2O2. The highest BCUT2D eigenvalue weighted by atomic mass is 79.9. The second-order valence-electron chi connectivity index (χ2n) is 4.33. The standard InChI is InChI=1S/C14H7BrClFN2O2/c15-12-11(7-1-3-9(17)4-2-7)18-13-10(16)5-8(14(20)21)6-19(12)13/h1-6H,(H,20,21). The summed E-state index contributed by atoms with van der Waals surface area (Å²) < 4.78 is 15.1. The van der Waals surface area contributed by atoms with E-state index in [0.29, 0.717) is 21.5 Å². The Kier molecular flexibility index (Phi) is 3.43. The normalized spacial score (nSPS) is 11.0. The molecule has 0 saturated carbocycles. The molecule has 2 aromatic heterocycles. The maximum Gasteiger partial charge on any atom is 0.337 e. The third kappa shape index (κ3) is 2.41. The number of aromatic nitrogens is 2. The average Bonchev–Trinajstić information content (AvgIpc) is 2.78. The number of fused-ring (bicyclic) bond motifs is 1. The van der Waals surface area contributed by atoms with Crippen LogP contribution in [0.1, 0.15) is 10.4 Å². The molecule has 3 rings (SSSR count). The lowest BCUT2D eigenvalue weighted by atomic mass is 10.2. The van der Waals surface area contributed by atoms with Gasteiger partial charge in [0.25, 0.3) is 0 Å². The van der Waals surface area contributed by atoms with E-state index in [0.717, 1.165) is 0 Å². The lowest BCUT2D eigenvalue weighted by Gasteiger charge is -2.01. The number of aromatic carboxylic acids is 1. The van der Waals surface area contributed by atoms with Crippen LogP contribution in [0, 0.1) is 5.82 Å². The fourth-order valence-corrected chi connectivity index (χ4v) is 2.82. The molecule has 7 heteroatoms. The van der Waals surface area contributed by atoms with Gasteiger partial charge in [0.1, 0.15) is 16.1 Å². The van der Waals surface area contributed by atoms with Gasteiger partial charge in [-0.2, -0.15) is 0 Å². The molecule has 21 heavy (non-hydrogen) atoms. The van der Waals surface area contributed by atoms with Crippen LogP contribution in [-0.4, -0.2) is 20.5 Å². The van der Waals surface area contributed by atoms with E-state index >= 15 is 0 Å². The summed E-state index contributed by atoms with van der Waals surface area (Å²) in [5, 5.41) is 9.29. The zero-order chi connectivity index (χ0) is 15.1. The highest BCUT2D eigenvalue weighted by molar-refractivity contribution is 9.10. The van der Waals surface area contributed by atoms with Crippen LogP contribution in [0.15, 0.2) is 41.1 Å². The average molecular weight is 370 g/mol. The van der Waals surface area contributed by atoms with E-state index in [2.05, 4.69) is 20.9 Å². The van der Waals surface area contributed by atoms with Crippen molar-refractivity contribution in [2.24, 2.45) is 0 Å². The Morgan fingerprint density at radius 3 is 2.62 bits per heavy atom. The summed E-state index contributed by atoms with van der Waals surface area (Å²) in [6.07, 6.45) is 1.42. The molecule has 0 aliphatic rings. The molecule has 3 aromatic rings. The summed E-state index contributed by atoms with van der Waals surface area (Å²) >= 11 is 9.46. The maximum absolute atomic E-state index is 13.0. The van der Waals surface area contributed by atoms with E-state index in [9.17, 15) is 9.18 Å². The van der Waals surface area contributed by atoms with E-state index in [1.165, 1.54) is 24.4 Å². The van der Waals surface area contributed by atoms with Crippen LogP contribution >= 0.6 is 27.5 Å². The number of halogens is 3. The Bertz CT molecular complexity index is 862. The Labute approximate surface area is 131 Å². The minimum Gasteiger partial charge on any atom is -0.478 e. The molecule has 0 saturated heterocycles. The Morgan fingerprint density at radius 2 is 2.00 bits per heavy atom. The van der Waals surface area contributed by atoms with Gasteiger partial charge in [0.15, 0.2) is 5.65 Å². The summed E-state index contributed by atoms with van der Waals surface area (Å²) in [6, 6.07) is 7.18. The number of hydrogen-bond acceptors (Lipinski definition) is 2. The second kappa shape index (κ2) is 5.13. The lowest BCUT2D eigenvalue weighted by molar-refractivity contribution is 0.0696. The van der Waals surface area contributed by atoms with Crippen LogP contribution in [0.4, 0.5) is 4.39 Å². The van der Waals surface area contributed by atoms with Crippen molar-refractivity contribution in [3.63, 3.8) is 0 Å². The van der Waals surface area contributed by atoms with E-state index in [1.807, 2.05) is 0 Å². The third-order valence-electron chi connectivity index (χ3n) is 2.98. The van der Waals surface area contributed by atoms with Gasteiger partial charge in [-0.25, -0.2) is 14.2 Å². The molecule has 0 atom stereocenters. The minimum absolute atomic E-state index is 0.0521. The number of hydrogen-bond donors (Lipinski definition) is 1. The van der Waals surface area contributed by atoms with Crippen LogP contribution in [0.2, 0.25) is 5.02 Å². The number of pyridine rings is 1. The first kappa shape index (κ1) is 14.0. The SMILES string of the molecule is O=C(O)c1cc(Cl)c2nc(-c3ccc(F)cc3)c(Br)n2c1. The minimum atomic E-state index is -1.08. The summed E-state index contributed by atoms with van der Waals surface area (Å²) in [7, 11) is 0. The Balaban J connectivity index is 2.26. The first-order chi connectivity index (χ1) is 9.97. The summed E-state index contributed by atoms with van der Waals surface area (Å²) in [4.78, 5) is 15.5. The number of nitrogens with zero attached hydrogens (tertiary/aromatic N) is 2. The molecule has 0 radical (unpaired) electrons. The van der Waals surface area contributed by atoms with Crippen LogP contribution in [0.3, 0.4) is 0 Å². The van der Waals surface area contributed by atoms with Gasteiger partial charge in [0.05, 0.1) is 10.6 Å². The topological polar surface area (TPSA) is 54.6 Å². The molecule has 0 spiro atoms. The first-order valence-electron chi connectivity index (χ1n) is 5.83. The largest absolute Gasteiger partial charge is 0.478 e. The second-order valence-corrected chi connectivity index (χ2v) is 5.49. The number of carboxylic acid groups (broad SMARTS) is 1. The molecule has 1 N–H and O–H groups in total. The van der Waals surface area contributed by atoms with Gasteiger partial charge in [0, 0.05) is 11.8 Å². The Morgan fingerprint density at radius 1 is 1.33 bits per heavy atom. The van der Waals surface area contributed by atoms with E-state index in [1.54, 1.807) is 16.5 Å². The van der Waals surface area contributed by atoms with Crippen molar-refractivity contribution in [2.75, 3.05) is 0 Å². The van der Waals surface area contributed by atoms with Crippen molar-refractivity contribution in [1.82, 2.24) is 9.38 Å². The van der Waals surface area contributed by atoms with Gasteiger partial charge in [-0.15, -0.1) is 0 Å². The van der Waals surface area contributed by atoms with E-state index in [-0.39, 0.29) is 16.4 Å². The monoisotopic (exact) mass is 368 g/mol. The van der Waals surface area contributed by atoms with Crippen molar-refractivity contribution < 1.29 is 14.3 Å². The molecule has 2 heterocycles. The van der Waals surface area contributed by atoms with Gasteiger partial charge in [-0.1, -0.05) is 11.6 Å². The fraction of sp³-hybridized carbons (Fsp3) is 0. The quantitative estimate of drug-likeness (QED) is 0.734.